The van der Waals surface area contributed by atoms with Crippen LogP contribution in [-0.4, -0.2) is 54.5 Å². The molecule has 0 fully saturated rings. The highest BCUT2D eigenvalue weighted by Gasteiger charge is 2.41. The first-order chi connectivity index (χ1) is 16.0. The van der Waals surface area contributed by atoms with Gasteiger partial charge in [-0.15, -0.1) is 0 Å². The fourth-order valence-electron chi connectivity index (χ4n) is 3.72. The lowest BCUT2D eigenvalue weighted by Crippen LogP contribution is -2.49. The third-order valence-electron chi connectivity index (χ3n) is 5.77. The molecular formula is C25H31N3O5S. The summed E-state index contributed by atoms with van der Waals surface area (Å²) < 4.78 is 26.4. The molecule has 2 aromatic rings. The molecule has 0 aliphatic carbocycles. The zero-order valence-corrected chi connectivity index (χ0v) is 20.8. The normalized spacial score (nSPS) is 15.2. The van der Waals surface area contributed by atoms with Crippen LogP contribution in [0.4, 0.5) is 0 Å². The van der Waals surface area contributed by atoms with Gasteiger partial charge in [0.25, 0.3) is 15.9 Å². The van der Waals surface area contributed by atoms with Gasteiger partial charge in [0.05, 0.1) is 5.56 Å². The van der Waals surface area contributed by atoms with Crippen LogP contribution in [0, 0.1) is 12.8 Å². The first kappa shape index (κ1) is 25.4. The van der Waals surface area contributed by atoms with Crippen molar-refractivity contribution in [1.29, 1.82) is 0 Å². The molecule has 0 radical (unpaired) electrons. The number of hydrogen-bond acceptors (Lipinski definition) is 5. The number of carbonyl (C=O) groups excluding carboxylic acids is 3. The topological polar surface area (TPSA) is 104 Å². The Labute approximate surface area is 201 Å². The van der Waals surface area contributed by atoms with E-state index in [1.165, 1.54) is 17.0 Å². The Morgan fingerprint density at radius 1 is 1.03 bits per heavy atom. The molecule has 2 aromatic carbocycles. The minimum atomic E-state index is -4.00. The number of sulfonamides is 1. The van der Waals surface area contributed by atoms with Crippen molar-refractivity contribution >= 4 is 27.7 Å². The Morgan fingerprint density at radius 3 is 2.29 bits per heavy atom. The highest BCUT2D eigenvalue weighted by Crippen LogP contribution is 2.30. The monoisotopic (exact) mass is 485 g/mol. The number of carbonyl (C=O) groups is 3. The molecule has 0 saturated heterocycles. The van der Waals surface area contributed by atoms with Crippen molar-refractivity contribution in [3.8, 4) is 0 Å². The van der Waals surface area contributed by atoms with E-state index < -0.39 is 27.9 Å². The number of nitrogens with one attached hydrogen (secondary N) is 1. The van der Waals surface area contributed by atoms with Crippen LogP contribution in [-0.2, 0) is 26.2 Å². The van der Waals surface area contributed by atoms with Crippen molar-refractivity contribution in [3.63, 3.8) is 0 Å². The Morgan fingerprint density at radius 2 is 1.68 bits per heavy atom. The van der Waals surface area contributed by atoms with Crippen molar-refractivity contribution in [2.45, 2.75) is 51.6 Å². The van der Waals surface area contributed by atoms with Gasteiger partial charge in [0.15, 0.2) is 0 Å². The average molecular weight is 486 g/mol. The largest absolute Gasteiger partial charge is 0.354 e. The van der Waals surface area contributed by atoms with Gasteiger partial charge >= 0.3 is 0 Å². The van der Waals surface area contributed by atoms with Crippen molar-refractivity contribution < 1.29 is 22.8 Å². The van der Waals surface area contributed by atoms with Crippen LogP contribution < -0.4 is 5.32 Å². The summed E-state index contributed by atoms with van der Waals surface area (Å²) >= 11 is 0. The SMILES string of the molecule is Cc1ccc(CN(C(=O)CCN2C(=O)c3ccccc3S2(=O)=O)[C@H](C)C(=O)NCC(C)C)cc1. The molecule has 0 unspecified atom stereocenters. The van der Waals surface area contributed by atoms with E-state index in [0.717, 1.165) is 15.4 Å². The molecule has 1 aliphatic heterocycles. The Bertz CT molecular complexity index is 1180. The number of amides is 3. The van der Waals surface area contributed by atoms with Gasteiger partial charge in [-0.05, 0) is 37.5 Å². The molecule has 9 heteroatoms. The number of hydrogen-bond donors (Lipinski definition) is 1. The van der Waals surface area contributed by atoms with E-state index in [1.54, 1.807) is 19.1 Å². The maximum atomic E-state index is 13.3. The van der Waals surface area contributed by atoms with E-state index in [2.05, 4.69) is 5.32 Å². The van der Waals surface area contributed by atoms with Gasteiger partial charge in [0.2, 0.25) is 11.8 Å². The van der Waals surface area contributed by atoms with Crippen molar-refractivity contribution in [2.75, 3.05) is 13.1 Å². The molecule has 182 valence electrons. The number of aryl methyl sites for hydroxylation is 1. The number of rotatable bonds is 9. The van der Waals surface area contributed by atoms with E-state index in [9.17, 15) is 22.8 Å². The van der Waals surface area contributed by atoms with Gasteiger partial charge in [-0.3, -0.25) is 14.4 Å². The summed E-state index contributed by atoms with van der Waals surface area (Å²) in [5, 5.41) is 2.85. The van der Waals surface area contributed by atoms with E-state index >= 15 is 0 Å². The molecule has 1 atom stereocenters. The Kier molecular flexibility index (Phi) is 7.76. The molecule has 3 amide bonds. The van der Waals surface area contributed by atoms with Crippen LogP contribution in [0.25, 0.3) is 0 Å². The van der Waals surface area contributed by atoms with Crippen LogP contribution >= 0.6 is 0 Å². The molecule has 34 heavy (non-hydrogen) atoms. The molecule has 8 nitrogen and oxygen atoms in total. The van der Waals surface area contributed by atoms with Crippen LogP contribution in [0.3, 0.4) is 0 Å². The van der Waals surface area contributed by atoms with Crippen LogP contribution in [0.1, 0.15) is 48.7 Å². The fourth-order valence-corrected chi connectivity index (χ4v) is 5.29. The molecule has 0 saturated carbocycles. The first-order valence-electron chi connectivity index (χ1n) is 11.3. The van der Waals surface area contributed by atoms with Crippen molar-refractivity contribution in [1.82, 2.24) is 14.5 Å². The second kappa shape index (κ2) is 10.4. The van der Waals surface area contributed by atoms with Gasteiger partial charge in [-0.1, -0.05) is 55.8 Å². The highest BCUT2D eigenvalue weighted by atomic mass is 32.2. The summed E-state index contributed by atoms with van der Waals surface area (Å²) in [6.45, 7) is 7.94. The van der Waals surface area contributed by atoms with Gasteiger partial charge in [0, 0.05) is 26.1 Å². The molecule has 1 aliphatic rings. The van der Waals surface area contributed by atoms with Gasteiger partial charge in [0.1, 0.15) is 10.9 Å². The summed E-state index contributed by atoms with van der Waals surface area (Å²) in [4.78, 5) is 40.0. The highest BCUT2D eigenvalue weighted by molar-refractivity contribution is 7.90. The first-order valence-corrected chi connectivity index (χ1v) is 12.7. The fraction of sp³-hybridized carbons (Fsp3) is 0.400. The summed E-state index contributed by atoms with van der Waals surface area (Å²) in [5.41, 5.74) is 2.02. The van der Waals surface area contributed by atoms with Crippen molar-refractivity contribution in [2.24, 2.45) is 5.92 Å². The number of nitrogens with zero attached hydrogens (tertiary/aromatic N) is 2. The van der Waals surface area contributed by atoms with Crippen LogP contribution in [0.15, 0.2) is 53.4 Å². The Balaban J connectivity index is 1.77. The molecule has 3 rings (SSSR count). The van der Waals surface area contributed by atoms with Gasteiger partial charge in [-0.25, -0.2) is 12.7 Å². The lowest BCUT2D eigenvalue weighted by molar-refractivity contribution is -0.140. The third kappa shape index (κ3) is 5.47. The van der Waals surface area contributed by atoms with Crippen LogP contribution in [0.2, 0.25) is 0 Å². The summed E-state index contributed by atoms with van der Waals surface area (Å²) in [6, 6.07) is 12.9. The lowest BCUT2D eigenvalue weighted by Gasteiger charge is -2.29. The predicted octanol–water partition coefficient (Wildman–Crippen LogP) is 2.72. The van der Waals surface area contributed by atoms with Gasteiger partial charge in [-0.2, -0.15) is 0 Å². The number of fused-ring (bicyclic) bond motifs is 1. The second-order valence-electron chi connectivity index (χ2n) is 8.95. The third-order valence-corrected chi connectivity index (χ3v) is 7.61. The maximum absolute atomic E-state index is 13.3. The van der Waals surface area contributed by atoms with Crippen LogP contribution in [0.5, 0.6) is 0 Å². The van der Waals surface area contributed by atoms with Crippen molar-refractivity contribution in [3.05, 3.63) is 65.2 Å². The predicted molar refractivity (Wildman–Crippen MR) is 128 cm³/mol. The minimum Gasteiger partial charge on any atom is -0.354 e. The molecule has 0 aromatic heterocycles. The van der Waals surface area contributed by atoms with E-state index in [1.807, 2.05) is 45.0 Å². The average Bonchev–Trinajstić information content (AvgIpc) is 3.00. The summed E-state index contributed by atoms with van der Waals surface area (Å²) in [6.07, 6.45) is -0.230. The standard InChI is InChI=1S/C25H31N3O5S/c1-17(2)15-26-24(30)19(4)27(16-20-11-9-18(3)10-12-20)23(29)13-14-28-25(31)21-7-5-6-8-22(21)34(28,32)33/h5-12,17,19H,13-16H2,1-4H3,(H,26,30)/t19-/m1/s1. The van der Waals surface area contributed by atoms with E-state index in [0.29, 0.717) is 6.54 Å². The molecule has 1 N–H and O–H groups in total. The summed E-state index contributed by atoms with van der Waals surface area (Å²) in [5.74, 6) is -1.08. The lowest BCUT2D eigenvalue weighted by atomic mass is 10.1. The smallest absolute Gasteiger partial charge is 0.269 e. The minimum absolute atomic E-state index is 0.0506. The zero-order chi connectivity index (χ0) is 25.0. The molecule has 0 spiro atoms. The molecular weight excluding hydrogens is 454 g/mol. The quantitative estimate of drug-likeness (QED) is 0.588. The maximum Gasteiger partial charge on any atom is 0.269 e. The molecule has 0 bridgehead atoms. The van der Waals surface area contributed by atoms with E-state index in [4.69, 9.17) is 0 Å². The Hall–Kier alpha value is -3.20. The zero-order valence-electron chi connectivity index (χ0n) is 19.9. The summed E-state index contributed by atoms with van der Waals surface area (Å²) in [7, 11) is -4.00. The van der Waals surface area contributed by atoms with E-state index in [-0.39, 0.29) is 41.8 Å². The van der Waals surface area contributed by atoms with Gasteiger partial charge < -0.3 is 10.2 Å². The molecule has 1 heterocycles. The second-order valence-corrected chi connectivity index (χ2v) is 10.8. The number of benzene rings is 2.